The number of anilines is 1. The summed E-state index contributed by atoms with van der Waals surface area (Å²) in [4.78, 5) is 3.91. The van der Waals surface area contributed by atoms with Gasteiger partial charge in [-0.05, 0) is 13.8 Å². The molecule has 0 saturated heterocycles. The first-order valence-corrected chi connectivity index (χ1v) is 3.60. The minimum atomic E-state index is 0.572. The van der Waals surface area contributed by atoms with E-state index >= 15 is 0 Å². The fraction of sp³-hybridized carbons (Fsp3) is 0.375. The Hall–Kier alpha value is -1.25. The van der Waals surface area contributed by atoms with Crippen molar-refractivity contribution in [2.45, 2.75) is 20.4 Å². The van der Waals surface area contributed by atoms with E-state index in [-0.39, 0.29) is 0 Å². The number of hydrogen-bond acceptors (Lipinski definition) is 2. The minimum Gasteiger partial charge on any atom is -0.369 e. The van der Waals surface area contributed by atoms with Gasteiger partial charge >= 0.3 is 0 Å². The first-order valence-electron chi connectivity index (χ1n) is 3.60. The Labute approximate surface area is 66.5 Å². The van der Waals surface area contributed by atoms with Crippen LogP contribution < -0.4 is 5.73 Å². The van der Waals surface area contributed by atoms with Gasteiger partial charge in [0.2, 0.25) is 0 Å². The van der Waals surface area contributed by atoms with E-state index in [1.165, 1.54) is 5.57 Å². The molecular formula is C8H13N3. The van der Waals surface area contributed by atoms with Crippen molar-refractivity contribution in [3.63, 3.8) is 0 Å². The molecule has 0 bridgehead atoms. The Morgan fingerprint density at radius 3 is 2.91 bits per heavy atom. The SMILES string of the molecule is CC(C)=CCn1ccnc1N. The lowest BCUT2D eigenvalue weighted by molar-refractivity contribution is 0.828. The average Bonchev–Trinajstić information content (AvgIpc) is 2.31. The third kappa shape index (κ3) is 2.11. The van der Waals surface area contributed by atoms with Crippen LogP contribution in [0.25, 0.3) is 0 Å². The van der Waals surface area contributed by atoms with Crippen LogP contribution in [0.3, 0.4) is 0 Å². The summed E-state index contributed by atoms with van der Waals surface area (Å²) in [5.74, 6) is 0.572. The summed E-state index contributed by atoms with van der Waals surface area (Å²) in [5, 5.41) is 0. The number of rotatable bonds is 2. The van der Waals surface area contributed by atoms with Gasteiger partial charge in [0.25, 0.3) is 0 Å². The molecular weight excluding hydrogens is 138 g/mol. The van der Waals surface area contributed by atoms with E-state index < -0.39 is 0 Å². The van der Waals surface area contributed by atoms with E-state index in [1.54, 1.807) is 6.20 Å². The van der Waals surface area contributed by atoms with Crippen LogP contribution in [0.4, 0.5) is 5.95 Å². The summed E-state index contributed by atoms with van der Waals surface area (Å²) in [6, 6.07) is 0. The van der Waals surface area contributed by atoms with Crippen LogP contribution in [-0.4, -0.2) is 9.55 Å². The second kappa shape index (κ2) is 3.23. The number of nitrogens with two attached hydrogens (primary N) is 1. The maximum atomic E-state index is 5.55. The van der Waals surface area contributed by atoms with Crippen molar-refractivity contribution in [1.29, 1.82) is 0 Å². The predicted molar refractivity (Wildman–Crippen MR) is 46.1 cm³/mol. The molecule has 1 heterocycles. The molecule has 3 heteroatoms. The zero-order valence-corrected chi connectivity index (χ0v) is 6.91. The highest BCUT2D eigenvalue weighted by Crippen LogP contribution is 1.99. The molecule has 0 atom stereocenters. The van der Waals surface area contributed by atoms with Crippen LogP contribution in [0.2, 0.25) is 0 Å². The Balaban J connectivity index is 2.65. The van der Waals surface area contributed by atoms with Gasteiger partial charge in [0, 0.05) is 18.9 Å². The van der Waals surface area contributed by atoms with Gasteiger partial charge in [-0.3, -0.25) is 0 Å². The standard InChI is InChI=1S/C8H13N3/c1-7(2)3-5-11-6-4-10-8(11)9/h3-4,6H,5H2,1-2H3,(H2,9,10). The number of aromatic nitrogens is 2. The van der Waals surface area contributed by atoms with Gasteiger partial charge in [-0.1, -0.05) is 11.6 Å². The van der Waals surface area contributed by atoms with Gasteiger partial charge in [0.15, 0.2) is 5.95 Å². The van der Waals surface area contributed by atoms with Crippen LogP contribution in [0.5, 0.6) is 0 Å². The molecule has 11 heavy (non-hydrogen) atoms. The van der Waals surface area contributed by atoms with Gasteiger partial charge in [-0.2, -0.15) is 0 Å². The molecule has 0 unspecified atom stereocenters. The number of hydrogen-bond donors (Lipinski definition) is 1. The van der Waals surface area contributed by atoms with Crippen molar-refractivity contribution in [3.05, 3.63) is 24.0 Å². The highest BCUT2D eigenvalue weighted by Gasteiger charge is 1.92. The monoisotopic (exact) mass is 151 g/mol. The van der Waals surface area contributed by atoms with Crippen LogP contribution in [0, 0.1) is 0 Å². The molecule has 3 nitrogen and oxygen atoms in total. The maximum Gasteiger partial charge on any atom is 0.200 e. The minimum absolute atomic E-state index is 0.572. The summed E-state index contributed by atoms with van der Waals surface area (Å²) in [5.41, 5.74) is 6.84. The zero-order valence-electron chi connectivity index (χ0n) is 6.91. The van der Waals surface area contributed by atoms with E-state index in [2.05, 4.69) is 24.9 Å². The van der Waals surface area contributed by atoms with Crippen molar-refractivity contribution in [1.82, 2.24) is 9.55 Å². The van der Waals surface area contributed by atoms with Gasteiger partial charge < -0.3 is 10.3 Å². The van der Waals surface area contributed by atoms with Crippen molar-refractivity contribution < 1.29 is 0 Å². The first-order chi connectivity index (χ1) is 5.20. The fourth-order valence-corrected chi connectivity index (χ4v) is 0.776. The number of nitrogen functional groups attached to an aromatic ring is 1. The summed E-state index contributed by atoms with van der Waals surface area (Å²) in [6.45, 7) is 4.94. The van der Waals surface area contributed by atoms with E-state index in [0.29, 0.717) is 5.95 Å². The second-order valence-corrected chi connectivity index (χ2v) is 2.72. The van der Waals surface area contributed by atoms with Crippen molar-refractivity contribution in [2.75, 3.05) is 5.73 Å². The predicted octanol–water partition coefficient (Wildman–Crippen LogP) is 1.43. The van der Waals surface area contributed by atoms with Gasteiger partial charge in [0.05, 0.1) is 0 Å². The van der Waals surface area contributed by atoms with E-state index in [4.69, 9.17) is 5.73 Å². The summed E-state index contributed by atoms with van der Waals surface area (Å²) < 4.78 is 1.90. The van der Waals surface area contributed by atoms with E-state index in [9.17, 15) is 0 Å². The molecule has 0 aliphatic carbocycles. The molecule has 60 valence electrons. The topological polar surface area (TPSA) is 43.8 Å². The molecule has 0 aliphatic heterocycles. The second-order valence-electron chi connectivity index (χ2n) is 2.72. The summed E-state index contributed by atoms with van der Waals surface area (Å²) in [6.07, 6.45) is 5.68. The van der Waals surface area contributed by atoms with E-state index in [0.717, 1.165) is 6.54 Å². The smallest absolute Gasteiger partial charge is 0.200 e. The number of nitrogens with zero attached hydrogens (tertiary/aromatic N) is 2. The Morgan fingerprint density at radius 2 is 2.45 bits per heavy atom. The molecule has 1 rings (SSSR count). The lowest BCUT2D eigenvalue weighted by Gasteiger charge is -1.98. The molecule has 0 aliphatic rings. The summed E-state index contributed by atoms with van der Waals surface area (Å²) >= 11 is 0. The Bertz CT molecular complexity index is 256. The van der Waals surface area contributed by atoms with Crippen molar-refractivity contribution in [3.8, 4) is 0 Å². The Morgan fingerprint density at radius 1 is 1.73 bits per heavy atom. The molecule has 0 saturated carbocycles. The largest absolute Gasteiger partial charge is 0.369 e. The van der Waals surface area contributed by atoms with Gasteiger partial charge in [-0.25, -0.2) is 4.98 Å². The quantitative estimate of drug-likeness (QED) is 0.650. The lowest BCUT2D eigenvalue weighted by Crippen LogP contribution is -2.00. The lowest BCUT2D eigenvalue weighted by atomic mass is 10.3. The molecule has 0 fully saturated rings. The van der Waals surface area contributed by atoms with Crippen LogP contribution in [0.1, 0.15) is 13.8 Å². The number of imidazole rings is 1. The van der Waals surface area contributed by atoms with E-state index in [1.807, 2.05) is 10.8 Å². The third-order valence-corrected chi connectivity index (χ3v) is 1.44. The average molecular weight is 151 g/mol. The Kier molecular flexibility index (Phi) is 2.31. The molecule has 0 aromatic carbocycles. The van der Waals surface area contributed by atoms with Gasteiger partial charge in [-0.15, -0.1) is 0 Å². The van der Waals surface area contributed by atoms with Crippen LogP contribution in [-0.2, 0) is 6.54 Å². The van der Waals surface area contributed by atoms with Crippen LogP contribution in [0.15, 0.2) is 24.0 Å². The molecule has 0 radical (unpaired) electrons. The van der Waals surface area contributed by atoms with Crippen molar-refractivity contribution >= 4 is 5.95 Å². The van der Waals surface area contributed by atoms with Gasteiger partial charge in [0.1, 0.15) is 0 Å². The highest BCUT2D eigenvalue weighted by atomic mass is 15.1. The van der Waals surface area contributed by atoms with Crippen molar-refractivity contribution in [2.24, 2.45) is 0 Å². The maximum absolute atomic E-state index is 5.55. The summed E-state index contributed by atoms with van der Waals surface area (Å²) in [7, 11) is 0. The van der Waals surface area contributed by atoms with Crippen LogP contribution >= 0.6 is 0 Å². The number of allylic oxidation sites excluding steroid dienone is 2. The fourth-order valence-electron chi connectivity index (χ4n) is 0.776. The third-order valence-electron chi connectivity index (χ3n) is 1.44. The zero-order chi connectivity index (χ0) is 8.27. The highest BCUT2D eigenvalue weighted by molar-refractivity contribution is 5.17. The molecule has 2 N–H and O–H groups in total. The first kappa shape index (κ1) is 7.85. The normalized spacial score (nSPS) is 9.64. The molecule has 1 aromatic rings. The molecule has 1 aromatic heterocycles. The molecule has 0 amide bonds. The molecule has 0 spiro atoms.